The van der Waals surface area contributed by atoms with E-state index in [4.69, 9.17) is 4.52 Å². The van der Waals surface area contributed by atoms with E-state index in [1.54, 1.807) is 0 Å². The number of rotatable bonds is 5. The normalized spacial score (nSPS) is 22.7. The smallest absolute Gasteiger partial charge is 0.247 e. The van der Waals surface area contributed by atoms with Crippen LogP contribution in [0.5, 0.6) is 0 Å². The second-order valence-corrected chi connectivity index (χ2v) is 10.4. The number of aryl methyl sites for hydroxylation is 2. The minimum absolute atomic E-state index is 0.0602. The molecular formula is C21H26N4O5S. The Morgan fingerprint density at radius 1 is 1.23 bits per heavy atom. The van der Waals surface area contributed by atoms with Crippen LogP contribution in [0.1, 0.15) is 37.1 Å². The zero-order valence-corrected chi connectivity index (χ0v) is 18.3. The molecule has 0 aliphatic carbocycles. The quantitative estimate of drug-likeness (QED) is 0.641. The van der Waals surface area contributed by atoms with Crippen molar-refractivity contribution in [1.82, 2.24) is 10.5 Å². The Morgan fingerprint density at radius 2 is 2.03 bits per heavy atom. The molecule has 1 aromatic heterocycles. The van der Waals surface area contributed by atoms with E-state index >= 15 is 0 Å². The number of sulfone groups is 1. The minimum Gasteiger partial charge on any atom is -0.380 e. The molecule has 2 fully saturated rings. The summed E-state index contributed by atoms with van der Waals surface area (Å²) in [6.45, 7) is 3.66. The summed E-state index contributed by atoms with van der Waals surface area (Å²) in [6, 6.07) is 4.72. The van der Waals surface area contributed by atoms with Gasteiger partial charge in [0.2, 0.25) is 11.8 Å². The first kappa shape index (κ1) is 21.4. The van der Waals surface area contributed by atoms with Crippen molar-refractivity contribution in [2.45, 2.75) is 51.6 Å². The van der Waals surface area contributed by atoms with Crippen molar-refractivity contribution >= 4 is 33.0 Å². The van der Waals surface area contributed by atoms with Gasteiger partial charge in [-0.2, -0.15) is 0 Å². The van der Waals surface area contributed by atoms with Crippen molar-refractivity contribution in [2.24, 2.45) is 0 Å². The van der Waals surface area contributed by atoms with Gasteiger partial charge in [-0.1, -0.05) is 11.2 Å². The monoisotopic (exact) mass is 446 g/mol. The second kappa shape index (κ2) is 8.33. The summed E-state index contributed by atoms with van der Waals surface area (Å²) >= 11 is 0. The van der Waals surface area contributed by atoms with Crippen molar-refractivity contribution in [3.8, 4) is 11.1 Å². The first-order chi connectivity index (χ1) is 14.7. The highest BCUT2D eigenvalue weighted by atomic mass is 32.2. The Balaban J connectivity index is 1.64. The Kier molecular flexibility index (Phi) is 5.74. The fourth-order valence-corrected chi connectivity index (χ4v) is 5.85. The Labute approximate surface area is 180 Å². The van der Waals surface area contributed by atoms with Gasteiger partial charge < -0.3 is 20.5 Å². The highest BCUT2D eigenvalue weighted by molar-refractivity contribution is 7.91. The summed E-state index contributed by atoms with van der Waals surface area (Å²) in [6.07, 6.45) is 2.10. The number of aromatic nitrogens is 1. The highest BCUT2D eigenvalue weighted by Crippen LogP contribution is 2.34. The van der Waals surface area contributed by atoms with E-state index in [0.717, 1.165) is 23.2 Å². The van der Waals surface area contributed by atoms with E-state index in [9.17, 15) is 18.0 Å². The van der Waals surface area contributed by atoms with Crippen LogP contribution in [0, 0.1) is 13.8 Å². The van der Waals surface area contributed by atoms with Gasteiger partial charge in [-0.25, -0.2) is 8.42 Å². The Morgan fingerprint density at radius 3 is 2.68 bits per heavy atom. The molecule has 3 N–H and O–H groups in total. The number of nitrogens with zero attached hydrogens (tertiary/aromatic N) is 1. The van der Waals surface area contributed by atoms with Crippen molar-refractivity contribution < 1.29 is 22.5 Å². The summed E-state index contributed by atoms with van der Waals surface area (Å²) in [5, 5.41) is 12.9. The average Bonchev–Trinajstić information content (AvgIpc) is 3.28. The molecule has 2 aromatic rings. The third kappa shape index (κ3) is 4.73. The number of amides is 2. The predicted molar refractivity (Wildman–Crippen MR) is 117 cm³/mol. The van der Waals surface area contributed by atoms with Crippen molar-refractivity contribution in [3.63, 3.8) is 0 Å². The maximum atomic E-state index is 12.8. The topological polar surface area (TPSA) is 130 Å². The molecule has 2 atom stereocenters. The van der Waals surface area contributed by atoms with Crippen LogP contribution in [0.15, 0.2) is 22.7 Å². The fourth-order valence-electron chi connectivity index (χ4n) is 4.21. The van der Waals surface area contributed by atoms with Crippen LogP contribution in [-0.2, 0) is 19.4 Å². The maximum absolute atomic E-state index is 12.8. The number of carbonyl (C=O) groups is 2. The summed E-state index contributed by atoms with van der Waals surface area (Å²) in [4.78, 5) is 24.3. The molecule has 3 heterocycles. The molecule has 0 bridgehead atoms. The van der Waals surface area contributed by atoms with Crippen LogP contribution in [-0.4, -0.2) is 49.0 Å². The van der Waals surface area contributed by atoms with Crippen LogP contribution in [0.25, 0.3) is 11.1 Å². The second-order valence-electron chi connectivity index (χ2n) is 8.21. The number of hydrogen-bond acceptors (Lipinski definition) is 7. The molecule has 0 radical (unpaired) electrons. The molecule has 2 aliphatic heterocycles. The zero-order chi connectivity index (χ0) is 22.2. The van der Waals surface area contributed by atoms with Crippen molar-refractivity contribution in [3.05, 3.63) is 29.7 Å². The number of anilines is 2. The van der Waals surface area contributed by atoms with Crippen LogP contribution < -0.4 is 16.0 Å². The molecule has 1 aromatic carbocycles. The third-order valence-corrected chi connectivity index (χ3v) is 7.55. The standard InChI is InChI=1S/C21H26N4O5S/c1-12-20(13(2)30-25-12)14-5-6-16(22-15-4-3-9-31(28,29)11-15)18(10-14)24-21(27)17-7-8-19(26)23-17/h5-6,10,15,17,22H,3-4,7-9,11H2,1-2H3,(H,23,26)(H,24,27)/t15?,17-/m0/s1. The molecule has 166 valence electrons. The summed E-state index contributed by atoms with van der Waals surface area (Å²) in [5.41, 5.74) is 3.55. The molecule has 2 saturated heterocycles. The SMILES string of the molecule is Cc1noc(C)c1-c1ccc(NC2CCCS(=O)(=O)C2)c(NC(=O)[C@@H]2CCC(=O)N2)c1. The van der Waals surface area contributed by atoms with E-state index in [1.165, 1.54) is 0 Å². The van der Waals surface area contributed by atoms with E-state index in [-0.39, 0.29) is 29.4 Å². The van der Waals surface area contributed by atoms with Crippen molar-refractivity contribution in [2.75, 3.05) is 22.1 Å². The van der Waals surface area contributed by atoms with Gasteiger partial charge in [-0.3, -0.25) is 9.59 Å². The molecule has 1 unspecified atom stereocenters. The van der Waals surface area contributed by atoms with E-state index in [2.05, 4.69) is 21.1 Å². The average molecular weight is 447 g/mol. The molecular weight excluding hydrogens is 420 g/mol. The van der Waals surface area contributed by atoms with E-state index in [1.807, 2.05) is 32.0 Å². The van der Waals surface area contributed by atoms with Gasteiger partial charge in [0.25, 0.3) is 0 Å². The lowest BCUT2D eigenvalue weighted by Gasteiger charge is -2.26. The molecule has 4 rings (SSSR count). The first-order valence-electron chi connectivity index (χ1n) is 10.4. The van der Waals surface area contributed by atoms with Crippen LogP contribution in [0.3, 0.4) is 0 Å². The summed E-state index contributed by atoms with van der Waals surface area (Å²) in [7, 11) is -3.08. The summed E-state index contributed by atoms with van der Waals surface area (Å²) in [5.74, 6) is 0.486. The maximum Gasteiger partial charge on any atom is 0.247 e. The minimum atomic E-state index is -3.08. The van der Waals surface area contributed by atoms with Gasteiger partial charge >= 0.3 is 0 Å². The highest BCUT2D eigenvalue weighted by Gasteiger charge is 2.29. The largest absolute Gasteiger partial charge is 0.380 e. The Bertz CT molecular complexity index is 1110. The van der Waals surface area contributed by atoms with Gasteiger partial charge in [0, 0.05) is 18.0 Å². The lowest BCUT2D eigenvalue weighted by atomic mass is 10.0. The molecule has 31 heavy (non-hydrogen) atoms. The van der Waals surface area contributed by atoms with Gasteiger partial charge in [-0.15, -0.1) is 0 Å². The number of benzene rings is 1. The lowest BCUT2D eigenvalue weighted by molar-refractivity contribution is -0.122. The van der Waals surface area contributed by atoms with Crippen molar-refractivity contribution in [1.29, 1.82) is 0 Å². The van der Waals surface area contributed by atoms with Gasteiger partial charge in [0.1, 0.15) is 11.8 Å². The number of carbonyl (C=O) groups excluding carboxylic acids is 2. The van der Waals surface area contributed by atoms with Crippen LogP contribution in [0.4, 0.5) is 11.4 Å². The molecule has 2 aliphatic rings. The fraction of sp³-hybridized carbons (Fsp3) is 0.476. The molecule has 2 amide bonds. The third-order valence-electron chi connectivity index (χ3n) is 5.73. The van der Waals surface area contributed by atoms with Crippen LogP contribution in [0.2, 0.25) is 0 Å². The first-order valence-corrected chi connectivity index (χ1v) is 12.2. The van der Waals surface area contributed by atoms with Crippen LogP contribution >= 0.6 is 0 Å². The molecule has 9 nitrogen and oxygen atoms in total. The van der Waals surface area contributed by atoms with Gasteiger partial charge in [-0.05, 0) is 50.8 Å². The van der Waals surface area contributed by atoms with E-state index in [0.29, 0.717) is 36.4 Å². The Hall–Kier alpha value is -2.88. The zero-order valence-electron chi connectivity index (χ0n) is 17.5. The molecule has 0 spiro atoms. The molecule has 0 saturated carbocycles. The molecule has 10 heteroatoms. The van der Waals surface area contributed by atoms with Gasteiger partial charge in [0.05, 0.1) is 28.6 Å². The van der Waals surface area contributed by atoms with Gasteiger partial charge in [0.15, 0.2) is 9.84 Å². The van der Waals surface area contributed by atoms with E-state index < -0.39 is 15.9 Å². The predicted octanol–water partition coefficient (Wildman–Crippen LogP) is 2.16. The lowest BCUT2D eigenvalue weighted by Crippen LogP contribution is -2.38. The summed E-state index contributed by atoms with van der Waals surface area (Å²) < 4.78 is 29.3. The number of nitrogens with one attached hydrogen (secondary N) is 3. The number of hydrogen-bond donors (Lipinski definition) is 3.